The average Bonchev–Trinajstić information content (AvgIpc) is 2.83. The van der Waals surface area contributed by atoms with Gasteiger partial charge in [0.15, 0.2) is 0 Å². The van der Waals surface area contributed by atoms with Gasteiger partial charge in [0.05, 0.1) is 11.1 Å². The summed E-state index contributed by atoms with van der Waals surface area (Å²) in [5.41, 5.74) is 3.22. The van der Waals surface area contributed by atoms with Crippen molar-refractivity contribution in [1.29, 1.82) is 0 Å². The van der Waals surface area contributed by atoms with E-state index < -0.39 is 16.9 Å². The van der Waals surface area contributed by atoms with Crippen LogP contribution in [-0.2, 0) is 4.79 Å². The Bertz CT molecular complexity index is 812. The van der Waals surface area contributed by atoms with Gasteiger partial charge in [0.1, 0.15) is 23.2 Å². The standard InChI is InChI=1S/C15H17N5O4/c1-9-14(20(23)24)10(2)19(18-9)11(3)15(22)17-16-8-12-6-4-5-7-13(12)21/h4-8,11,21H,1-3H3,(H,17,22)/b16-8+. The second-order valence-corrected chi connectivity index (χ2v) is 5.19. The fraction of sp³-hybridized carbons (Fsp3) is 0.267. The number of aromatic hydroxyl groups is 1. The van der Waals surface area contributed by atoms with Gasteiger partial charge in [0.25, 0.3) is 5.91 Å². The molecular weight excluding hydrogens is 314 g/mol. The molecule has 1 aromatic carbocycles. The van der Waals surface area contributed by atoms with E-state index in [4.69, 9.17) is 0 Å². The normalized spacial score (nSPS) is 12.3. The molecule has 1 unspecified atom stereocenters. The van der Waals surface area contributed by atoms with Crippen LogP contribution >= 0.6 is 0 Å². The van der Waals surface area contributed by atoms with Crippen molar-refractivity contribution in [3.63, 3.8) is 0 Å². The van der Waals surface area contributed by atoms with Gasteiger partial charge >= 0.3 is 5.69 Å². The molecule has 1 heterocycles. The number of nitrogens with zero attached hydrogens (tertiary/aromatic N) is 4. The van der Waals surface area contributed by atoms with Gasteiger partial charge in [0.2, 0.25) is 0 Å². The molecule has 0 bridgehead atoms. The minimum atomic E-state index is -0.779. The Labute approximate surface area is 137 Å². The van der Waals surface area contributed by atoms with Crippen molar-refractivity contribution in [3.05, 3.63) is 51.3 Å². The molecule has 0 saturated heterocycles. The fourth-order valence-electron chi connectivity index (χ4n) is 2.26. The van der Waals surface area contributed by atoms with Gasteiger partial charge in [-0.1, -0.05) is 12.1 Å². The molecule has 9 heteroatoms. The van der Waals surface area contributed by atoms with Crippen molar-refractivity contribution >= 4 is 17.8 Å². The molecule has 1 aromatic heterocycles. The molecule has 0 aliphatic carbocycles. The molecule has 0 fully saturated rings. The smallest absolute Gasteiger partial charge is 0.312 e. The zero-order valence-corrected chi connectivity index (χ0v) is 13.4. The first-order valence-corrected chi connectivity index (χ1v) is 7.14. The summed E-state index contributed by atoms with van der Waals surface area (Å²) in [4.78, 5) is 22.6. The molecule has 0 saturated carbocycles. The summed E-state index contributed by atoms with van der Waals surface area (Å²) in [5, 5.41) is 28.5. The van der Waals surface area contributed by atoms with Crippen LogP contribution in [0.4, 0.5) is 5.69 Å². The Balaban J connectivity index is 2.12. The van der Waals surface area contributed by atoms with Gasteiger partial charge in [-0.3, -0.25) is 19.6 Å². The second-order valence-electron chi connectivity index (χ2n) is 5.19. The lowest BCUT2D eigenvalue weighted by Crippen LogP contribution is -2.28. The molecular formula is C15H17N5O4. The van der Waals surface area contributed by atoms with Gasteiger partial charge in [0, 0.05) is 5.56 Å². The third-order valence-electron chi connectivity index (χ3n) is 3.53. The van der Waals surface area contributed by atoms with Crippen LogP contribution in [0.25, 0.3) is 0 Å². The number of hydrazone groups is 1. The molecule has 2 rings (SSSR count). The number of hydrogen-bond acceptors (Lipinski definition) is 6. The summed E-state index contributed by atoms with van der Waals surface area (Å²) >= 11 is 0. The lowest BCUT2D eigenvalue weighted by atomic mass is 10.2. The molecule has 1 atom stereocenters. The first-order chi connectivity index (χ1) is 11.3. The van der Waals surface area contributed by atoms with Crippen LogP contribution < -0.4 is 5.43 Å². The minimum Gasteiger partial charge on any atom is -0.507 e. The highest BCUT2D eigenvalue weighted by Crippen LogP contribution is 2.24. The van der Waals surface area contributed by atoms with Crippen LogP contribution in [0.2, 0.25) is 0 Å². The molecule has 0 spiro atoms. The maximum absolute atomic E-state index is 12.1. The van der Waals surface area contributed by atoms with Crippen molar-refractivity contribution < 1.29 is 14.8 Å². The van der Waals surface area contributed by atoms with Crippen molar-refractivity contribution in [2.24, 2.45) is 5.10 Å². The van der Waals surface area contributed by atoms with Crippen LogP contribution in [0.3, 0.4) is 0 Å². The average molecular weight is 331 g/mol. The number of aromatic nitrogens is 2. The molecule has 0 aliphatic heterocycles. The summed E-state index contributed by atoms with van der Waals surface area (Å²) in [6.45, 7) is 4.61. The zero-order chi connectivity index (χ0) is 17.9. The number of para-hydroxylation sites is 1. The number of aryl methyl sites for hydroxylation is 1. The number of hydrogen-bond donors (Lipinski definition) is 2. The second kappa shape index (κ2) is 6.90. The number of amides is 1. The molecule has 0 radical (unpaired) electrons. The van der Waals surface area contributed by atoms with Crippen molar-refractivity contribution in [2.75, 3.05) is 0 Å². The van der Waals surface area contributed by atoms with E-state index in [1.807, 2.05) is 0 Å². The third-order valence-corrected chi connectivity index (χ3v) is 3.53. The number of phenols is 1. The molecule has 2 aromatic rings. The fourth-order valence-corrected chi connectivity index (χ4v) is 2.26. The highest BCUT2D eigenvalue weighted by atomic mass is 16.6. The first-order valence-electron chi connectivity index (χ1n) is 7.14. The maximum atomic E-state index is 12.1. The molecule has 126 valence electrons. The summed E-state index contributed by atoms with van der Waals surface area (Å²) < 4.78 is 1.29. The summed E-state index contributed by atoms with van der Waals surface area (Å²) in [6.07, 6.45) is 1.31. The minimum absolute atomic E-state index is 0.0396. The first kappa shape index (κ1) is 17.1. The van der Waals surface area contributed by atoms with E-state index in [0.717, 1.165) is 0 Å². The van der Waals surface area contributed by atoms with Gasteiger partial charge in [-0.2, -0.15) is 10.2 Å². The van der Waals surface area contributed by atoms with E-state index >= 15 is 0 Å². The highest BCUT2D eigenvalue weighted by Gasteiger charge is 2.26. The predicted molar refractivity (Wildman–Crippen MR) is 86.9 cm³/mol. The number of carbonyl (C=O) groups is 1. The summed E-state index contributed by atoms with van der Waals surface area (Å²) in [7, 11) is 0. The van der Waals surface area contributed by atoms with Crippen LogP contribution in [0.5, 0.6) is 5.75 Å². The Morgan fingerprint density at radius 2 is 2.12 bits per heavy atom. The predicted octanol–water partition coefficient (Wildman–Crippen LogP) is 1.83. The number of nitro groups is 1. The number of nitrogens with one attached hydrogen (secondary N) is 1. The molecule has 1 amide bonds. The third kappa shape index (κ3) is 3.40. The van der Waals surface area contributed by atoms with Gasteiger partial charge in [-0.05, 0) is 32.9 Å². The van der Waals surface area contributed by atoms with E-state index in [0.29, 0.717) is 11.3 Å². The topological polar surface area (TPSA) is 123 Å². The zero-order valence-electron chi connectivity index (χ0n) is 13.4. The van der Waals surface area contributed by atoms with Crippen LogP contribution in [0, 0.1) is 24.0 Å². The van der Waals surface area contributed by atoms with Crippen LogP contribution in [0.15, 0.2) is 29.4 Å². The van der Waals surface area contributed by atoms with Gasteiger partial charge in [-0.15, -0.1) is 0 Å². The van der Waals surface area contributed by atoms with E-state index in [2.05, 4.69) is 15.6 Å². The van der Waals surface area contributed by atoms with E-state index in [-0.39, 0.29) is 17.1 Å². The summed E-state index contributed by atoms with van der Waals surface area (Å²) in [6, 6.07) is 5.75. The molecule has 2 N–H and O–H groups in total. The Hall–Kier alpha value is -3.23. The maximum Gasteiger partial charge on any atom is 0.312 e. The number of carbonyl (C=O) groups excluding carboxylic acids is 1. The molecule has 9 nitrogen and oxygen atoms in total. The largest absolute Gasteiger partial charge is 0.507 e. The van der Waals surface area contributed by atoms with E-state index in [1.165, 1.54) is 30.8 Å². The molecule has 24 heavy (non-hydrogen) atoms. The van der Waals surface area contributed by atoms with E-state index in [9.17, 15) is 20.0 Å². The van der Waals surface area contributed by atoms with Crippen molar-refractivity contribution in [2.45, 2.75) is 26.8 Å². The Morgan fingerprint density at radius 3 is 2.71 bits per heavy atom. The lowest BCUT2D eigenvalue weighted by Gasteiger charge is -2.11. The van der Waals surface area contributed by atoms with Crippen molar-refractivity contribution in [3.8, 4) is 5.75 Å². The molecule has 0 aliphatic rings. The Morgan fingerprint density at radius 1 is 1.46 bits per heavy atom. The monoisotopic (exact) mass is 331 g/mol. The van der Waals surface area contributed by atoms with Gasteiger partial charge < -0.3 is 5.11 Å². The van der Waals surface area contributed by atoms with Crippen molar-refractivity contribution in [1.82, 2.24) is 15.2 Å². The highest BCUT2D eigenvalue weighted by molar-refractivity contribution is 5.85. The number of phenolic OH excluding ortho intramolecular Hbond substituents is 1. The van der Waals surface area contributed by atoms with E-state index in [1.54, 1.807) is 25.1 Å². The SMILES string of the molecule is Cc1nn(C(C)C(=O)N/N=C/c2ccccc2O)c(C)c1[N+](=O)[O-]. The lowest BCUT2D eigenvalue weighted by molar-refractivity contribution is -0.386. The van der Waals surface area contributed by atoms with Gasteiger partial charge in [-0.25, -0.2) is 5.43 Å². The van der Waals surface area contributed by atoms with Crippen LogP contribution in [-0.4, -0.2) is 31.9 Å². The number of benzene rings is 1. The van der Waals surface area contributed by atoms with Crippen LogP contribution in [0.1, 0.15) is 29.9 Å². The summed E-state index contributed by atoms with van der Waals surface area (Å²) in [5.74, 6) is -0.445. The number of rotatable bonds is 5. The quantitative estimate of drug-likeness (QED) is 0.491. The Kier molecular flexibility index (Phi) is 4.93.